The highest BCUT2D eigenvalue weighted by Gasteiger charge is 2.28. The molecule has 7 nitrogen and oxygen atoms in total. The number of nitrogens with zero attached hydrogens (tertiary/aromatic N) is 1. The highest BCUT2D eigenvalue weighted by molar-refractivity contribution is 7.92. The molecule has 0 aliphatic rings. The Kier molecular flexibility index (Phi) is 7.60. The van der Waals surface area contributed by atoms with Gasteiger partial charge >= 0.3 is 0 Å². The molecule has 1 atom stereocenters. The zero-order valence-electron chi connectivity index (χ0n) is 19.1. The van der Waals surface area contributed by atoms with Crippen molar-refractivity contribution < 1.29 is 22.7 Å². The molecule has 0 aliphatic heterocycles. The molecule has 3 aromatic rings. The lowest BCUT2D eigenvalue weighted by molar-refractivity contribution is -0.120. The number of ether oxygens (including phenoxy) is 2. The Balaban J connectivity index is 1.96. The summed E-state index contributed by atoms with van der Waals surface area (Å²) >= 11 is 0. The van der Waals surface area contributed by atoms with Crippen LogP contribution in [-0.2, 0) is 14.8 Å². The minimum atomic E-state index is -4.03. The van der Waals surface area contributed by atoms with Gasteiger partial charge in [-0.1, -0.05) is 48.0 Å². The summed E-state index contributed by atoms with van der Waals surface area (Å²) in [6.45, 7) is 3.33. The fourth-order valence-electron chi connectivity index (χ4n) is 3.38. The largest absolute Gasteiger partial charge is 0.493 e. The lowest BCUT2D eigenvalue weighted by Crippen LogP contribution is -2.41. The molecule has 8 heteroatoms. The molecule has 0 radical (unpaired) electrons. The van der Waals surface area contributed by atoms with Crippen molar-refractivity contribution in [3.05, 3.63) is 83.9 Å². The maximum absolute atomic E-state index is 13.6. The topological polar surface area (TPSA) is 84.9 Å². The summed E-state index contributed by atoms with van der Waals surface area (Å²) < 4.78 is 38.8. The van der Waals surface area contributed by atoms with Crippen molar-refractivity contribution in [2.45, 2.75) is 24.8 Å². The second kappa shape index (κ2) is 10.4. The van der Waals surface area contributed by atoms with Crippen LogP contribution in [0.25, 0.3) is 0 Å². The normalized spacial score (nSPS) is 12.0. The molecular formula is C25H28N2O5S. The second-order valence-electron chi connectivity index (χ2n) is 7.56. The summed E-state index contributed by atoms with van der Waals surface area (Å²) in [5.41, 5.74) is 2.14. The third-order valence-electron chi connectivity index (χ3n) is 5.23. The smallest absolute Gasteiger partial charge is 0.264 e. The van der Waals surface area contributed by atoms with Gasteiger partial charge in [0.15, 0.2) is 11.5 Å². The predicted octanol–water partition coefficient (Wildman–Crippen LogP) is 4.08. The molecular weight excluding hydrogens is 440 g/mol. The first-order valence-corrected chi connectivity index (χ1v) is 11.9. The molecule has 1 amide bonds. The van der Waals surface area contributed by atoms with Gasteiger partial charge in [0.2, 0.25) is 5.91 Å². The van der Waals surface area contributed by atoms with Crippen molar-refractivity contribution in [2.75, 3.05) is 25.1 Å². The number of carbonyl (C=O) groups excluding carboxylic acids is 1. The van der Waals surface area contributed by atoms with E-state index in [-0.39, 0.29) is 16.6 Å². The van der Waals surface area contributed by atoms with Crippen LogP contribution in [0, 0.1) is 6.92 Å². The molecule has 0 aliphatic carbocycles. The first kappa shape index (κ1) is 24.1. The van der Waals surface area contributed by atoms with Crippen LogP contribution in [0.4, 0.5) is 5.69 Å². The van der Waals surface area contributed by atoms with Gasteiger partial charge in [-0.2, -0.15) is 0 Å². The fraction of sp³-hybridized carbons (Fsp3) is 0.240. The minimum absolute atomic E-state index is 0.0896. The van der Waals surface area contributed by atoms with Gasteiger partial charge in [-0.25, -0.2) is 8.42 Å². The average Bonchev–Trinajstić information content (AvgIpc) is 2.82. The van der Waals surface area contributed by atoms with E-state index >= 15 is 0 Å². The molecule has 0 bridgehead atoms. The Labute approximate surface area is 195 Å². The number of aryl methyl sites for hydroxylation is 1. The highest BCUT2D eigenvalue weighted by Crippen LogP contribution is 2.33. The SMILES string of the molecule is COc1ccc(N(CC(=O)NC(C)c2ccccc2)S(=O)(=O)c2ccc(C)cc2)cc1OC. The van der Waals surface area contributed by atoms with Gasteiger partial charge in [0, 0.05) is 6.07 Å². The van der Waals surface area contributed by atoms with Crippen molar-refractivity contribution >= 4 is 21.6 Å². The van der Waals surface area contributed by atoms with Crippen LogP contribution in [0.3, 0.4) is 0 Å². The molecule has 1 unspecified atom stereocenters. The van der Waals surface area contributed by atoms with E-state index in [4.69, 9.17) is 9.47 Å². The number of hydrogen-bond donors (Lipinski definition) is 1. The molecule has 3 rings (SSSR count). The van der Waals surface area contributed by atoms with E-state index in [1.165, 1.54) is 26.4 Å². The quantitative estimate of drug-likeness (QED) is 0.511. The third-order valence-corrected chi connectivity index (χ3v) is 7.02. The van der Waals surface area contributed by atoms with Crippen LogP contribution in [0.1, 0.15) is 24.1 Å². The number of carbonyl (C=O) groups is 1. The van der Waals surface area contributed by atoms with Crippen molar-refractivity contribution in [3.8, 4) is 11.5 Å². The van der Waals surface area contributed by atoms with E-state index in [1.54, 1.807) is 30.3 Å². The van der Waals surface area contributed by atoms with E-state index < -0.39 is 22.5 Å². The van der Waals surface area contributed by atoms with E-state index in [1.807, 2.05) is 44.2 Å². The Morgan fingerprint density at radius 2 is 1.58 bits per heavy atom. The summed E-state index contributed by atoms with van der Waals surface area (Å²) in [7, 11) is -1.07. The summed E-state index contributed by atoms with van der Waals surface area (Å²) in [6, 6.07) is 20.4. The van der Waals surface area contributed by atoms with Crippen LogP contribution < -0.4 is 19.1 Å². The molecule has 0 fully saturated rings. The monoisotopic (exact) mass is 468 g/mol. The Morgan fingerprint density at radius 3 is 2.18 bits per heavy atom. The lowest BCUT2D eigenvalue weighted by Gasteiger charge is -2.26. The molecule has 0 saturated carbocycles. The number of nitrogens with one attached hydrogen (secondary N) is 1. The molecule has 0 aromatic heterocycles. The molecule has 174 valence electrons. The van der Waals surface area contributed by atoms with E-state index in [9.17, 15) is 13.2 Å². The van der Waals surface area contributed by atoms with Crippen LogP contribution in [0.5, 0.6) is 11.5 Å². The van der Waals surface area contributed by atoms with Crippen LogP contribution in [0.15, 0.2) is 77.7 Å². The van der Waals surface area contributed by atoms with E-state index in [0.717, 1.165) is 15.4 Å². The van der Waals surface area contributed by atoms with Gasteiger partial charge in [0.25, 0.3) is 10.0 Å². The minimum Gasteiger partial charge on any atom is -0.493 e. The lowest BCUT2D eigenvalue weighted by atomic mass is 10.1. The van der Waals surface area contributed by atoms with Gasteiger partial charge in [-0.15, -0.1) is 0 Å². The second-order valence-corrected chi connectivity index (χ2v) is 9.43. The number of rotatable bonds is 9. The van der Waals surface area contributed by atoms with Crippen LogP contribution >= 0.6 is 0 Å². The van der Waals surface area contributed by atoms with E-state index in [0.29, 0.717) is 11.5 Å². The number of amides is 1. The van der Waals surface area contributed by atoms with E-state index in [2.05, 4.69) is 5.32 Å². The standard InChI is InChI=1S/C25H28N2O5S/c1-18-10-13-22(14-11-18)33(29,30)27(21-12-15-23(31-3)24(16-21)32-4)17-25(28)26-19(2)20-8-6-5-7-9-20/h5-16,19H,17H2,1-4H3,(H,26,28). The van der Waals surface area contributed by atoms with Gasteiger partial charge in [0.1, 0.15) is 6.54 Å². The summed E-state index contributed by atoms with van der Waals surface area (Å²) in [5, 5.41) is 2.88. The van der Waals surface area contributed by atoms with Gasteiger partial charge in [-0.3, -0.25) is 9.10 Å². The van der Waals surface area contributed by atoms with Crippen molar-refractivity contribution in [3.63, 3.8) is 0 Å². The summed E-state index contributed by atoms with van der Waals surface area (Å²) in [5.74, 6) is 0.380. The molecule has 3 aromatic carbocycles. The van der Waals surface area contributed by atoms with Crippen LogP contribution in [0.2, 0.25) is 0 Å². The van der Waals surface area contributed by atoms with Gasteiger partial charge in [0.05, 0.1) is 30.8 Å². The average molecular weight is 469 g/mol. The predicted molar refractivity (Wildman–Crippen MR) is 128 cm³/mol. The molecule has 0 heterocycles. The first-order valence-electron chi connectivity index (χ1n) is 10.4. The number of benzene rings is 3. The molecule has 1 N–H and O–H groups in total. The van der Waals surface area contributed by atoms with Crippen LogP contribution in [-0.4, -0.2) is 35.1 Å². The number of hydrogen-bond acceptors (Lipinski definition) is 5. The maximum Gasteiger partial charge on any atom is 0.264 e. The highest BCUT2D eigenvalue weighted by atomic mass is 32.2. The number of methoxy groups -OCH3 is 2. The Hall–Kier alpha value is -3.52. The fourth-order valence-corrected chi connectivity index (χ4v) is 4.79. The van der Waals surface area contributed by atoms with Gasteiger partial charge < -0.3 is 14.8 Å². The zero-order chi connectivity index (χ0) is 24.0. The molecule has 0 spiro atoms. The van der Waals surface area contributed by atoms with Crippen molar-refractivity contribution in [1.29, 1.82) is 0 Å². The maximum atomic E-state index is 13.6. The summed E-state index contributed by atoms with van der Waals surface area (Å²) in [6.07, 6.45) is 0. The number of sulfonamides is 1. The van der Waals surface area contributed by atoms with Gasteiger partial charge in [-0.05, 0) is 43.7 Å². The molecule has 33 heavy (non-hydrogen) atoms. The first-order chi connectivity index (χ1) is 15.8. The van der Waals surface area contributed by atoms with Crippen molar-refractivity contribution in [2.24, 2.45) is 0 Å². The Morgan fingerprint density at radius 1 is 0.939 bits per heavy atom. The zero-order valence-corrected chi connectivity index (χ0v) is 19.9. The summed E-state index contributed by atoms with van der Waals surface area (Å²) in [4.78, 5) is 13.0. The number of anilines is 1. The Bertz CT molecular complexity index is 1200. The molecule has 0 saturated heterocycles. The third kappa shape index (κ3) is 5.64. The van der Waals surface area contributed by atoms with Crippen molar-refractivity contribution in [1.82, 2.24) is 5.32 Å².